The number of sulfone groups is 1. The van der Waals surface area contributed by atoms with Crippen LogP contribution in [0.5, 0.6) is 0 Å². The van der Waals surface area contributed by atoms with Crippen LogP contribution in [0, 0.1) is 6.92 Å². The van der Waals surface area contributed by atoms with Crippen molar-refractivity contribution in [3.8, 4) is 0 Å². The molecular weight excluding hydrogens is 332 g/mol. The minimum atomic E-state index is -3.54. The Hall–Kier alpha value is -1.65. The van der Waals surface area contributed by atoms with Gasteiger partial charge in [-0.1, -0.05) is 48.4 Å². The highest BCUT2D eigenvalue weighted by atomic mass is 35.5. The van der Waals surface area contributed by atoms with Crippen LogP contribution in [0.15, 0.2) is 53.4 Å². The highest BCUT2D eigenvalue weighted by molar-refractivity contribution is 7.91. The molecule has 23 heavy (non-hydrogen) atoms. The van der Waals surface area contributed by atoms with Crippen molar-refractivity contribution in [2.45, 2.75) is 31.1 Å². The fourth-order valence-electron chi connectivity index (χ4n) is 2.38. The standard InChI is InChI=1S/C18H19ClO3S/c1-3-18(20)17(14-6-8-15(19)9-7-14)12-23(21,22)16-10-4-13(2)5-11-16/h4-11,17H,3,12H2,1-2H3. The fraction of sp³-hybridized carbons (Fsp3) is 0.278. The molecular formula is C18H19ClO3S. The van der Waals surface area contributed by atoms with Crippen LogP contribution in [-0.4, -0.2) is 20.0 Å². The lowest BCUT2D eigenvalue weighted by molar-refractivity contribution is -0.119. The van der Waals surface area contributed by atoms with E-state index in [4.69, 9.17) is 11.6 Å². The third kappa shape index (κ3) is 4.43. The van der Waals surface area contributed by atoms with Crippen LogP contribution >= 0.6 is 11.6 Å². The summed E-state index contributed by atoms with van der Waals surface area (Å²) < 4.78 is 25.3. The zero-order valence-corrected chi connectivity index (χ0v) is 14.7. The fourth-order valence-corrected chi connectivity index (χ4v) is 4.06. The topological polar surface area (TPSA) is 51.2 Å². The third-order valence-corrected chi connectivity index (χ3v) is 5.79. The molecule has 122 valence electrons. The lowest BCUT2D eigenvalue weighted by Gasteiger charge is -2.16. The van der Waals surface area contributed by atoms with Gasteiger partial charge in [0, 0.05) is 11.4 Å². The van der Waals surface area contributed by atoms with Crippen molar-refractivity contribution >= 4 is 27.2 Å². The van der Waals surface area contributed by atoms with Crippen molar-refractivity contribution in [2.75, 3.05) is 5.75 Å². The van der Waals surface area contributed by atoms with Gasteiger partial charge in [0.2, 0.25) is 0 Å². The molecule has 0 N–H and O–H groups in total. The van der Waals surface area contributed by atoms with Gasteiger partial charge in [0.25, 0.3) is 0 Å². The van der Waals surface area contributed by atoms with Gasteiger partial charge in [0.05, 0.1) is 16.6 Å². The van der Waals surface area contributed by atoms with E-state index in [-0.39, 0.29) is 22.9 Å². The molecule has 5 heteroatoms. The van der Waals surface area contributed by atoms with E-state index in [9.17, 15) is 13.2 Å². The van der Waals surface area contributed by atoms with Crippen molar-refractivity contribution in [3.05, 3.63) is 64.7 Å². The second kappa shape index (κ2) is 7.28. The summed E-state index contributed by atoms with van der Waals surface area (Å²) in [5, 5.41) is 0.554. The summed E-state index contributed by atoms with van der Waals surface area (Å²) in [5.41, 5.74) is 1.67. The van der Waals surface area contributed by atoms with Crippen LogP contribution in [-0.2, 0) is 14.6 Å². The van der Waals surface area contributed by atoms with E-state index < -0.39 is 15.8 Å². The molecule has 0 radical (unpaired) electrons. The molecule has 0 aromatic heterocycles. The number of hydrogen-bond acceptors (Lipinski definition) is 3. The summed E-state index contributed by atoms with van der Waals surface area (Å²) >= 11 is 5.87. The van der Waals surface area contributed by atoms with Gasteiger partial charge < -0.3 is 0 Å². The van der Waals surface area contributed by atoms with Crippen LogP contribution in [0.3, 0.4) is 0 Å². The van der Waals surface area contributed by atoms with Gasteiger partial charge in [0.15, 0.2) is 9.84 Å². The molecule has 0 heterocycles. The lowest BCUT2D eigenvalue weighted by atomic mass is 9.95. The number of Topliss-reactive ketones (excluding diaryl/α,β-unsaturated/α-hetero) is 1. The van der Waals surface area contributed by atoms with Gasteiger partial charge in [-0.2, -0.15) is 0 Å². The van der Waals surface area contributed by atoms with E-state index in [2.05, 4.69) is 0 Å². The van der Waals surface area contributed by atoms with Gasteiger partial charge in [-0.25, -0.2) is 8.42 Å². The quantitative estimate of drug-likeness (QED) is 0.785. The minimum absolute atomic E-state index is 0.0944. The summed E-state index contributed by atoms with van der Waals surface area (Å²) in [6.45, 7) is 3.64. The van der Waals surface area contributed by atoms with E-state index in [0.717, 1.165) is 5.56 Å². The number of benzene rings is 2. The van der Waals surface area contributed by atoms with E-state index in [1.807, 2.05) is 6.92 Å². The minimum Gasteiger partial charge on any atom is -0.299 e. The maximum Gasteiger partial charge on any atom is 0.179 e. The number of hydrogen-bond donors (Lipinski definition) is 0. The van der Waals surface area contributed by atoms with Crippen LogP contribution in [0.1, 0.15) is 30.4 Å². The maximum atomic E-state index is 12.6. The first kappa shape index (κ1) is 17.7. The number of carbonyl (C=O) groups is 1. The summed E-state index contributed by atoms with van der Waals surface area (Å²) in [6, 6.07) is 13.4. The molecule has 0 bridgehead atoms. The zero-order valence-electron chi connectivity index (χ0n) is 13.1. The smallest absolute Gasteiger partial charge is 0.179 e. The number of ketones is 1. The molecule has 0 saturated carbocycles. The summed E-state index contributed by atoms with van der Waals surface area (Å²) in [6.07, 6.45) is 0.288. The molecule has 0 fully saturated rings. The highest BCUT2D eigenvalue weighted by Gasteiger charge is 2.27. The molecule has 1 unspecified atom stereocenters. The van der Waals surface area contributed by atoms with Gasteiger partial charge in [0.1, 0.15) is 5.78 Å². The highest BCUT2D eigenvalue weighted by Crippen LogP contribution is 2.25. The molecule has 0 aliphatic rings. The Morgan fingerprint density at radius 3 is 2.13 bits per heavy atom. The van der Waals surface area contributed by atoms with Gasteiger partial charge in [-0.3, -0.25) is 4.79 Å². The lowest BCUT2D eigenvalue weighted by Crippen LogP contribution is -2.22. The third-order valence-electron chi connectivity index (χ3n) is 3.78. The van der Waals surface area contributed by atoms with E-state index in [1.54, 1.807) is 55.5 Å². The Bertz CT molecular complexity index is 778. The van der Waals surface area contributed by atoms with Gasteiger partial charge in [-0.05, 0) is 36.8 Å². The van der Waals surface area contributed by atoms with Crippen molar-refractivity contribution in [2.24, 2.45) is 0 Å². The normalized spacial score (nSPS) is 12.8. The number of rotatable bonds is 6. The first-order valence-electron chi connectivity index (χ1n) is 7.41. The molecule has 0 spiro atoms. The van der Waals surface area contributed by atoms with Crippen molar-refractivity contribution in [1.29, 1.82) is 0 Å². The van der Waals surface area contributed by atoms with E-state index in [0.29, 0.717) is 10.6 Å². The van der Waals surface area contributed by atoms with E-state index >= 15 is 0 Å². The molecule has 0 aliphatic heterocycles. The maximum absolute atomic E-state index is 12.6. The summed E-state index contributed by atoms with van der Waals surface area (Å²) in [5.74, 6) is -1.00. The van der Waals surface area contributed by atoms with Crippen molar-refractivity contribution in [1.82, 2.24) is 0 Å². The monoisotopic (exact) mass is 350 g/mol. The average molecular weight is 351 g/mol. The Labute approximate surface area is 142 Å². The number of aryl methyl sites for hydroxylation is 1. The molecule has 0 amide bonds. The second-order valence-corrected chi connectivity index (χ2v) is 7.99. The largest absolute Gasteiger partial charge is 0.299 e. The van der Waals surface area contributed by atoms with E-state index in [1.165, 1.54) is 0 Å². The first-order valence-corrected chi connectivity index (χ1v) is 9.44. The van der Waals surface area contributed by atoms with Gasteiger partial charge in [-0.15, -0.1) is 0 Å². The Kier molecular flexibility index (Phi) is 5.60. The Balaban J connectivity index is 2.35. The van der Waals surface area contributed by atoms with Crippen molar-refractivity contribution < 1.29 is 13.2 Å². The second-order valence-electron chi connectivity index (χ2n) is 5.52. The molecule has 2 aromatic carbocycles. The number of halogens is 1. The Morgan fingerprint density at radius 1 is 1.04 bits per heavy atom. The molecule has 2 aromatic rings. The zero-order chi connectivity index (χ0) is 17.0. The van der Waals surface area contributed by atoms with Crippen LogP contribution < -0.4 is 0 Å². The predicted octanol–water partition coefficient (Wildman–Crippen LogP) is 4.19. The van der Waals surface area contributed by atoms with Crippen LogP contribution in [0.25, 0.3) is 0 Å². The number of carbonyl (C=O) groups excluding carboxylic acids is 1. The Morgan fingerprint density at radius 2 is 1.61 bits per heavy atom. The molecule has 0 aliphatic carbocycles. The van der Waals surface area contributed by atoms with Crippen LogP contribution in [0.2, 0.25) is 5.02 Å². The summed E-state index contributed by atoms with van der Waals surface area (Å²) in [7, 11) is -3.54. The van der Waals surface area contributed by atoms with Gasteiger partial charge >= 0.3 is 0 Å². The molecule has 1 atom stereocenters. The average Bonchev–Trinajstić information content (AvgIpc) is 2.53. The van der Waals surface area contributed by atoms with Crippen molar-refractivity contribution in [3.63, 3.8) is 0 Å². The predicted molar refractivity (Wildman–Crippen MR) is 92.7 cm³/mol. The molecule has 2 rings (SSSR count). The SMILES string of the molecule is CCC(=O)C(CS(=O)(=O)c1ccc(C)cc1)c1ccc(Cl)cc1. The molecule has 3 nitrogen and oxygen atoms in total. The van der Waals surface area contributed by atoms with Crippen LogP contribution in [0.4, 0.5) is 0 Å². The first-order chi connectivity index (χ1) is 10.8. The summed E-state index contributed by atoms with van der Waals surface area (Å²) in [4.78, 5) is 12.5. The molecule has 0 saturated heterocycles.